The summed E-state index contributed by atoms with van der Waals surface area (Å²) in [5, 5.41) is 2.62. The van der Waals surface area contributed by atoms with Crippen LogP contribution >= 0.6 is 0 Å². The number of rotatable bonds is 3. The lowest BCUT2D eigenvalue weighted by molar-refractivity contribution is -0.120. The van der Waals surface area contributed by atoms with Crippen molar-refractivity contribution in [2.45, 2.75) is 19.9 Å². The van der Waals surface area contributed by atoms with Crippen LogP contribution in [0.1, 0.15) is 24.5 Å². The molecule has 1 rings (SSSR count). The van der Waals surface area contributed by atoms with E-state index in [4.69, 9.17) is 5.73 Å². The summed E-state index contributed by atoms with van der Waals surface area (Å²) in [4.78, 5) is 11.1. The molecule has 0 saturated heterocycles. The lowest BCUT2D eigenvalue weighted by atomic mass is 10.1. The number of hydrogen-bond donors (Lipinski definition) is 2. The zero-order chi connectivity index (χ0) is 12.7. The number of carbonyl (C=O) groups is 1. The van der Waals surface area contributed by atoms with Gasteiger partial charge in [0.2, 0.25) is 5.91 Å². The van der Waals surface area contributed by atoms with Crippen molar-refractivity contribution in [3.05, 3.63) is 35.1 Å². The van der Waals surface area contributed by atoms with Crippen LogP contribution in [-0.2, 0) is 11.3 Å². The number of halogens is 1. The average molecular weight is 234 g/mol. The van der Waals surface area contributed by atoms with Crippen molar-refractivity contribution in [1.29, 1.82) is 0 Å². The fraction of sp³-hybridized carbons (Fsp3) is 0.308. The van der Waals surface area contributed by atoms with E-state index >= 15 is 0 Å². The van der Waals surface area contributed by atoms with E-state index in [1.54, 1.807) is 19.1 Å². The quantitative estimate of drug-likeness (QED) is 0.771. The first-order valence-electron chi connectivity index (χ1n) is 5.41. The van der Waals surface area contributed by atoms with E-state index in [9.17, 15) is 9.18 Å². The van der Waals surface area contributed by atoms with Crippen molar-refractivity contribution in [3.63, 3.8) is 0 Å². The number of amides is 1. The van der Waals surface area contributed by atoms with Gasteiger partial charge in [-0.1, -0.05) is 18.8 Å². The molecule has 0 fully saturated rings. The number of carbonyl (C=O) groups excluding carboxylic acids is 1. The van der Waals surface area contributed by atoms with E-state index in [-0.39, 0.29) is 24.8 Å². The maximum atomic E-state index is 13.4. The van der Waals surface area contributed by atoms with Gasteiger partial charge in [-0.2, -0.15) is 0 Å². The van der Waals surface area contributed by atoms with Crippen LogP contribution in [-0.4, -0.2) is 12.5 Å². The number of hydrogen-bond acceptors (Lipinski definition) is 2. The summed E-state index contributed by atoms with van der Waals surface area (Å²) < 4.78 is 13.4. The third kappa shape index (κ3) is 4.25. The third-order valence-corrected chi connectivity index (χ3v) is 2.18. The molecule has 3 nitrogen and oxygen atoms in total. The Bertz CT molecular complexity index is 460. The predicted octanol–water partition coefficient (Wildman–Crippen LogP) is 1.16. The highest BCUT2D eigenvalue weighted by Gasteiger charge is 2.04. The molecule has 0 unspecified atom stereocenters. The van der Waals surface area contributed by atoms with Gasteiger partial charge in [0.25, 0.3) is 0 Å². The lowest BCUT2D eigenvalue weighted by Crippen LogP contribution is -2.22. The van der Waals surface area contributed by atoms with E-state index in [0.29, 0.717) is 17.5 Å². The average Bonchev–Trinajstić information content (AvgIpc) is 2.35. The van der Waals surface area contributed by atoms with Crippen LogP contribution < -0.4 is 11.1 Å². The fourth-order valence-electron chi connectivity index (χ4n) is 1.26. The fourth-order valence-corrected chi connectivity index (χ4v) is 1.26. The van der Waals surface area contributed by atoms with Crippen molar-refractivity contribution in [2.24, 2.45) is 5.73 Å². The zero-order valence-electron chi connectivity index (χ0n) is 9.72. The molecule has 0 atom stereocenters. The van der Waals surface area contributed by atoms with Gasteiger partial charge < -0.3 is 11.1 Å². The standard InChI is InChI=1S/C13H15FN2O/c1-2-13(17)16-9-11-8-10(4-3-7-15)5-6-12(11)14/h5-6,8H,2,7,9,15H2,1H3,(H,16,17). The van der Waals surface area contributed by atoms with Crippen molar-refractivity contribution in [1.82, 2.24) is 5.32 Å². The summed E-state index contributed by atoms with van der Waals surface area (Å²) in [5.41, 5.74) is 6.37. The lowest BCUT2D eigenvalue weighted by Gasteiger charge is -2.05. The molecule has 0 aliphatic carbocycles. The Labute approximate surface area is 100 Å². The minimum Gasteiger partial charge on any atom is -0.352 e. The summed E-state index contributed by atoms with van der Waals surface area (Å²) in [7, 11) is 0. The van der Waals surface area contributed by atoms with Gasteiger partial charge >= 0.3 is 0 Å². The molecule has 1 aromatic carbocycles. The molecule has 0 aromatic heterocycles. The maximum Gasteiger partial charge on any atom is 0.219 e. The van der Waals surface area contributed by atoms with Crippen LogP contribution in [0, 0.1) is 17.7 Å². The second kappa shape index (κ2) is 6.66. The molecule has 0 spiro atoms. The molecule has 1 amide bonds. The minimum atomic E-state index is -0.347. The smallest absolute Gasteiger partial charge is 0.219 e. The molecule has 90 valence electrons. The molecule has 3 N–H and O–H groups in total. The summed E-state index contributed by atoms with van der Waals surface area (Å²) in [6, 6.07) is 4.55. The summed E-state index contributed by atoms with van der Waals surface area (Å²) in [6.07, 6.45) is 0.383. The Kier molecular flexibility index (Phi) is 5.18. The van der Waals surface area contributed by atoms with Gasteiger partial charge in [0.1, 0.15) is 5.82 Å². The number of nitrogens with two attached hydrogens (primary N) is 1. The Morgan fingerprint density at radius 1 is 1.53 bits per heavy atom. The van der Waals surface area contributed by atoms with Crippen LogP contribution in [0.5, 0.6) is 0 Å². The van der Waals surface area contributed by atoms with Gasteiger partial charge in [0.05, 0.1) is 6.54 Å². The molecule has 4 heteroatoms. The Morgan fingerprint density at radius 2 is 2.29 bits per heavy atom. The molecule has 0 saturated carbocycles. The molecule has 0 heterocycles. The maximum absolute atomic E-state index is 13.4. The van der Waals surface area contributed by atoms with Gasteiger partial charge in [0, 0.05) is 24.1 Å². The van der Waals surface area contributed by atoms with E-state index in [1.807, 2.05) is 0 Å². The topological polar surface area (TPSA) is 55.1 Å². The molecule has 0 aliphatic heterocycles. The number of nitrogens with one attached hydrogen (secondary N) is 1. The molecule has 0 bridgehead atoms. The number of benzene rings is 1. The van der Waals surface area contributed by atoms with Gasteiger partial charge in [0.15, 0.2) is 0 Å². The van der Waals surface area contributed by atoms with Crippen LogP contribution in [0.2, 0.25) is 0 Å². The van der Waals surface area contributed by atoms with E-state index < -0.39 is 0 Å². The second-order valence-electron chi connectivity index (χ2n) is 3.44. The molecule has 0 radical (unpaired) electrons. The summed E-state index contributed by atoms with van der Waals surface area (Å²) in [6.45, 7) is 2.19. The molecule has 17 heavy (non-hydrogen) atoms. The van der Waals surface area contributed by atoms with Crippen LogP contribution in [0.25, 0.3) is 0 Å². The molecular formula is C13H15FN2O. The van der Waals surface area contributed by atoms with Gasteiger partial charge in [-0.05, 0) is 18.2 Å². The van der Waals surface area contributed by atoms with Crippen molar-refractivity contribution >= 4 is 5.91 Å². The van der Waals surface area contributed by atoms with Crippen molar-refractivity contribution in [2.75, 3.05) is 6.54 Å². The van der Waals surface area contributed by atoms with Gasteiger partial charge in [-0.15, -0.1) is 0 Å². The van der Waals surface area contributed by atoms with E-state index in [1.165, 1.54) is 6.07 Å². The first kappa shape index (κ1) is 13.2. The molecule has 0 aliphatic rings. The predicted molar refractivity (Wildman–Crippen MR) is 64.5 cm³/mol. The first-order valence-corrected chi connectivity index (χ1v) is 5.41. The SMILES string of the molecule is CCC(=O)NCc1cc(C#CCN)ccc1F. The van der Waals surface area contributed by atoms with Crippen molar-refractivity contribution < 1.29 is 9.18 Å². The largest absolute Gasteiger partial charge is 0.352 e. The Hall–Kier alpha value is -1.86. The highest BCUT2D eigenvalue weighted by molar-refractivity contribution is 5.75. The van der Waals surface area contributed by atoms with Gasteiger partial charge in [-0.25, -0.2) is 4.39 Å². The van der Waals surface area contributed by atoms with Crippen LogP contribution in [0.15, 0.2) is 18.2 Å². The molecular weight excluding hydrogens is 219 g/mol. The normalized spacial score (nSPS) is 9.35. The molecule has 1 aromatic rings. The Morgan fingerprint density at radius 3 is 2.94 bits per heavy atom. The minimum absolute atomic E-state index is 0.108. The first-order chi connectivity index (χ1) is 8.17. The third-order valence-electron chi connectivity index (χ3n) is 2.18. The van der Waals surface area contributed by atoms with Gasteiger partial charge in [-0.3, -0.25) is 4.79 Å². The zero-order valence-corrected chi connectivity index (χ0v) is 9.72. The second-order valence-corrected chi connectivity index (χ2v) is 3.44. The summed E-state index contributed by atoms with van der Waals surface area (Å²) >= 11 is 0. The highest BCUT2D eigenvalue weighted by atomic mass is 19.1. The van der Waals surface area contributed by atoms with Crippen LogP contribution in [0.3, 0.4) is 0 Å². The highest BCUT2D eigenvalue weighted by Crippen LogP contribution is 2.09. The summed E-state index contributed by atoms with van der Waals surface area (Å²) in [5.74, 6) is 5.06. The van der Waals surface area contributed by atoms with Crippen LogP contribution in [0.4, 0.5) is 4.39 Å². The van der Waals surface area contributed by atoms with Crippen molar-refractivity contribution in [3.8, 4) is 11.8 Å². The Balaban J connectivity index is 2.79. The monoisotopic (exact) mass is 234 g/mol. The van der Waals surface area contributed by atoms with E-state index in [2.05, 4.69) is 17.2 Å². The van der Waals surface area contributed by atoms with E-state index in [0.717, 1.165) is 0 Å².